The van der Waals surface area contributed by atoms with E-state index in [9.17, 15) is 4.79 Å². The molecule has 1 aliphatic rings. The van der Waals surface area contributed by atoms with Gasteiger partial charge in [-0.2, -0.15) is 5.10 Å². The second-order valence-electron chi connectivity index (χ2n) is 5.58. The summed E-state index contributed by atoms with van der Waals surface area (Å²) in [6.07, 6.45) is 9.67. The standard InChI is InChI=1S/C14H23N3O/c1-16(2)14(8-4-5-9-14)13(18)7-6-12-10-15-17(3)11-12/h10-11H,4-9H2,1-3H3. The monoisotopic (exact) mass is 249 g/mol. The van der Waals surface area contributed by atoms with Crippen LogP contribution in [0.15, 0.2) is 12.4 Å². The summed E-state index contributed by atoms with van der Waals surface area (Å²) >= 11 is 0. The molecule has 18 heavy (non-hydrogen) atoms. The van der Waals surface area contributed by atoms with Gasteiger partial charge in [-0.05, 0) is 38.9 Å². The highest BCUT2D eigenvalue weighted by Crippen LogP contribution is 2.35. The SMILES string of the molecule is CN(C)C1(C(=O)CCc2cnn(C)c2)CCCC1. The molecule has 1 aromatic heterocycles. The number of nitrogens with zero attached hydrogens (tertiary/aromatic N) is 3. The van der Waals surface area contributed by atoms with Gasteiger partial charge in [0.2, 0.25) is 0 Å². The summed E-state index contributed by atoms with van der Waals surface area (Å²) in [6.45, 7) is 0. The summed E-state index contributed by atoms with van der Waals surface area (Å²) in [7, 11) is 5.98. The van der Waals surface area contributed by atoms with Gasteiger partial charge in [-0.15, -0.1) is 0 Å². The second-order valence-corrected chi connectivity index (χ2v) is 5.58. The molecule has 1 fully saturated rings. The van der Waals surface area contributed by atoms with Crippen LogP contribution in [0, 0.1) is 0 Å². The van der Waals surface area contributed by atoms with E-state index in [1.54, 1.807) is 4.68 Å². The molecule has 0 N–H and O–H groups in total. The first-order valence-electron chi connectivity index (χ1n) is 6.73. The van der Waals surface area contributed by atoms with Crippen molar-refractivity contribution in [1.82, 2.24) is 14.7 Å². The van der Waals surface area contributed by atoms with Crippen LogP contribution in [0.25, 0.3) is 0 Å². The molecule has 0 spiro atoms. The maximum atomic E-state index is 12.5. The molecule has 2 rings (SSSR count). The number of carbonyl (C=O) groups is 1. The summed E-state index contributed by atoms with van der Waals surface area (Å²) in [5.74, 6) is 0.397. The van der Waals surface area contributed by atoms with Crippen molar-refractivity contribution in [3.05, 3.63) is 18.0 Å². The Morgan fingerprint density at radius 2 is 2.11 bits per heavy atom. The highest BCUT2D eigenvalue weighted by molar-refractivity contribution is 5.88. The summed E-state index contributed by atoms with van der Waals surface area (Å²) in [6, 6.07) is 0. The van der Waals surface area contributed by atoms with Crippen molar-refractivity contribution in [3.63, 3.8) is 0 Å². The molecular formula is C14H23N3O. The summed E-state index contributed by atoms with van der Waals surface area (Å²) < 4.78 is 1.79. The van der Waals surface area contributed by atoms with E-state index in [0.29, 0.717) is 12.2 Å². The normalized spacial score (nSPS) is 18.4. The van der Waals surface area contributed by atoms with Gasteiger partial charge < -0.3 is 0 Å². The van der Waals surface area contributed by atoms with Gasteiger partial charge in [0.15, 0.2) is 5.78 Å². The molecule has 1 aliphatic carbocycles. The van der Waals surface area contributed by atoms with Crippen molar-refractivity contribution in [1.29, 1.82) is 0 Å². The number of Topliss-reactive ketones (excluding diaryl/α,β-unsaturated/α-hetero) is 1. The van der Waals surface area contributed by atoms with Crippen LogP contribution >= 0.6 is 0 Å². The molecule has 0 saturated heterocycles. The minimum Gasteiger partial charge on any atom is -0.298 e. The van der Waals surface area contributed by atoms with E-state index in [-0.39, 0.29) is 5.54 Å². The van der Waals surface area contributed by atoms with Crippen molar-refractivity contribution in [2.24, 2.45) is 7.05 Å². The van der Waals surface area contributed by atoms with Crippen LogP contribution in [0.1, 0.15) is 37.7 Å². The van der Waals surface area contributed by atoms with Crippen molar-refractivity contribution >= 4 is 5.78 Å². The number of rotatable bonds is 5. The topological polar surface area (TPSA) is 38.1 Å². The number of hydrogen-bond acceptors (Lipinski definition) is 3. The van der Waals surface area contributed by atoms with E-state index < -0.39 is 0 Å². The number of carbonyl (C=O) groups excluding carboxylic acids is 1. The molecule has 0 amide bonds. The molecule has 0 aromatic carbocycles. The zero-order chi connectivity index (χ0) is 13.2. The van der Waals surface area contributed by atoms with Crippen molar-refractivity contribution in [2.45, 2.75) is 44.1 Å². The largest absolute Gasteiger partial charge is 0.298 e. The average Bonchev–Trinajstić information content (AvgIpc) is 2.95. The number of ketones is 1. The van der Waals surface area contributed by atoms with Gasteiger partial charge in [-0.25, -0.2) is 0 Å². The van der Waals surface area contributed by atoms with Crippen molar-refractivity contribution in [3.8, 4) is 0 Å². The zero-order valence-electron chi connectivity index (χ0n) is 11.6. The average molecular weight is 249 g/mol. The van der Waals surface area contributed by atoms with Crippen LogP contribution in [0.2, 0.25) is 0 Å². The van der Waals surface area contributed by atoms with Crippen LogP contribution in [-0.2, 0) is 18.3 Å². The van der Waals surface area contributed by atoms with Crippen LogP contribution < -0.4 is 0 Å². The third kappa shape index (κ3) is 2.48. The van der Waals surface area contributed by atoms with Crippen molar-refractivity contribution < 1.29 is 4.79 Å². The lowest BCUT2D eigenvalue weighted by atomic mass is 9.87. The van der Waals surface area contributed by atoms with Crippen LogP contribution in [-0.4, -0.2) is 40.1 Å². The summed E-state index contributed by atoms with van der Waals surface area (Å²) in [4.78, 5) is 14.7. The van der Waals surface area contributed by atoms with Crippen LogP contribution in [0.5, 0.6) is 0 Å². The van der Waals surface area contributed by atoms with E-state index in [4.69, 9.17) is 0 Å². The third-order valence-electron chi connectivity index (χ3n) is 4.20. The molecule has 0 radical (unpaired) electrons. The first-order chi connectivity index (χ1) is 8.54. The number of hydrogen-bond donors (Lipinski definition) is 0. The van der Waals surface area contributed by atoms with Gasteiger partial charge in [0.1, 0.15) is 0 Å². The number of aromatic nitrogens is 2. The molecule has 0 aliphatic heterocycles. The predicted octanol–water partition coefficient (Wildman–Crippen LogP) is 1.80. The predicted molar refractivity (Wildman–Crippen MR) is 71.4 cm³/mol. The van der Waals surface area contributed by atoms with Gasteiger partial charge in [0.05, 0.1) is 11.7 Å². The highest BCUT2D eigenvalue weighted by atomic mass is 16.1. The molecule has 4 heteroatoms. The number of aryl methyl sites for hydroxylation is 2. The molecule has 1 aromatic rings. The van der Waals surface area contributed by atoms with E-state index in [1.807, 2.05) is 33.5 Å². The summed E-state index contributed by atoms with van der Waals surface area (Å²) in [5.41, 5.74) is 0.958. The third-order valence-corrected chi connectivity index (χ3v) is 4.20. The molecule has 1 saturated carbocycles. The smallest absolute Gasteiger partial charge is 0.153 e. The molecular weight excluding hydrogens is 226 g/mol. The van der Waals surface area contributed by atoms with Crippen molar-refractivity contribution in [2.75, 3.05) is 14.1 Å². The van der Waals surface area contributed by atoms with Crippen LogP contribution in [0.4, 0.5) is 0 Å². The molecule has 4 nitrogen and oxygen atoms in total. The fraction of sp³-hybridized carbons (Fsp3) is 0.714. The minimum atomic E-state index is -0.192. The van der Waals surface area contributed by atoms with E-state index >= 15 is 0 Å². The van der Waals surface area contributed by atoms with Crippen LogP contribution in [0.3, 0.4) is 0 Å². The molecule has 0 atom stereocenters. The Morgan fingerprint density at radius 1 is 1.44 bits per heavy atom. The first-order valence-corrected chi connectivity index (χ1v) is 6.73. The number of likely N-dealkylation sites (N-methyl/N-ethyl adjacent to an activating group) is 1. The highest BCUT2D eigenvalue weighted by Gasteiger charge is 2.41. The Bertz CT molecular complexity index is 416. The lowest BCUT2D eigenvalue weighted by Gasteiger charge is -2.34. The Labute approximate surface area is 109 Å². The summed E-state index contributed by atoms with van der Waals surface area (Å²) in [5, 5.41) is 4.14. The van der Waals surface area contributed by atoms with Gasteiger partial charge in [0.25, 0.3) is 0 Å². The maximum Gasteiger partial charge on any atom is 0.153 e. The molecule has 100 valence electrons. The fourth-order valence-electron chi connectivity index (χ4n) is 3.03. The lowest BCUT2D eigenvalue weighted by molar-refractivity contribution is -0.129. The van der Waals surface area contributed by atoms with E-state index in [1.165, 1.54) is 12.8 Å². The van der Waals surface area contributed by atoms with Gasteiger partial charge in [0, 0.05) is 19.7 Å². The minimum absolute atomic E-state index is 0.192. The second kappa shape index (κ2) is 5.22. The van der Waals surface area contributed by atoms with Gasteiger partial charge in [-0.1, -0.05) is 12.8 Å². The van der Waals surface area contributed by atoms with Gasteiger partial charge in [-0.3, -0.25) is 14.4 Å². The quantitative estimate of drug-likeness (QED) is 0.798. The van der Waals surface area contributed by atoms with E-state index in [0.717, 1.165) is 24.8 Å². The molecule has 1 heterocycles. The Morgan fingerprint density at radius 3 is 2.61 bits per heavy atom. The first kappa shape index (κ1) is 13.3. The maximum absolute atomic E-state index is 12.5. The molecule has 0 unspecified atom stereocenters. The Hall–Kier alpha value is -1.16. The fourth-order valence-corrected chi connectivity index (χ4v) is 3.03. The van der Waals surface area contributed by atoms with E-state index in [2.05, 4.69) is 10.00 Å². The lowest BCUT2D eigenvalue weighted by Crippen LogP contribution is -2.48. The zero-order valence-corrected chi connectivity index (χ0v) is 11.6. The Balaban J connectivity index is 1.98. The van der Waals surface area contributed by atoms with Gasteiger partial charge >= 0.3 is 0 Å². The molecule has 0 bridgehead atoms. The Kier molecular flexibility index (Phi) is 3.85.